The molecule has 2 aliphatic heterocycles. The number of carbonyl (C=O) groups excluding carboxylic acids is 1. The van der Waals surface area contributed by atoms with Crippen LogP contribution in [-0.2, 0) is 20.7 Å². The number of rotatable bonds is 2. The van der Waals surface area contributed by atoms with Gasteiger partial charge in [-0.15, -0.1) is 0 Å². The first kappa shape index (κ1) is 16.5. The summed E-state index contributed by atoms with van der Waals surface area (Å²) < 4.78 is 13.9. The van der Waals surface area contributed by atoms with Gasteiger partial charge in [-0.2, -0.15) is 0 Å². The van der Waals surface area contributed by atoms with E-state index < -0.39 is 6.10 Å². The summed E-state index contributed by atoms with van der Waals surface area (Å²) >= 11 is 6.08. The molecule has 1 aromatic carbocycles. The van der Waals surface area contributed by atoms with Crippen molar-refractivity contribution in [2.24, 2.45) is 0 Å². The van der Waals surface area contributed by atoms with E-state index in [1.54, 1.807) is 0 Å². The maximum absolute atomic E-state index is 12.1. The van der Waals surface area contributed by atoms with Gasteiger partial charge in [0.25, 0.3) is 0 Å². The van der Waals surface area contributed by atoms with Gasteiger partial charge in [0.05, 0.1) is 11.8 Å². The van der Waals surface area contributed by atoms with Gasteiger partial charge in [-0.3, -0.25) is 4.79 Å². The van der Waals surface area contributed by atoms with E-state index in [4.69, 9.17) is 26.8 Å². The van der Waals surface area contributed by atoms with Crippen molar-refractivity contribution in [3.8, 4) is 0 Å². The Labute approximate surface area is 160 Å². The molecule has 8 heteroatoms. The van der Waals surface area contributed by atoms with Crippen molar-refractivity contribution in [1.82, 2.24) is 14.5 Å². The van der Waals surface area contributed by atoms with Crippen molar-refractivity contribution in [2.45, 2.75) is 37.7 Å². The zero-order valence-corrected chi connectivity index (χ0v) is 15.1. The molecule has 3 aromatic rings. The molecule has 3 atom stereocenters. The highest BCUT2D eigenvalue weighted by atomic mass is 35.5. The van der Waals surface area contributed by atoms with Crippen LogP contribution in [0, 0.1) is 0 Å². The molecule has 1 saturated heterocycles. The van der Waals surface area contributed by atoms with Crippen molar-refractivity contribution in [3.05, 3.63) is 52.9 Å². The first-order chi connectivity index (χ1) is 13.1. The van der Waals surface area contributed by atoms with Gasteiger partial charge in [0, 0.05) is 11.2 Å². The molecule has 2 aliphatic rings. The van der Waals surface area contributed by atoms with E-state index in [9.17, 15) is 4.79 Å². The van der Waals surface area contributed by atoms with Crippen LogP contribution in [0.2, 0.25) is 5.02 Å². The molecule has 0 saturated carbocycles. The second-order valence-corrected chi connectivity index (χ2v) is 7.29. The molecule has 1 fully saturated rings. The number of benzene rings is 1. The molecule has 7 nitrogen and oxygen atoms in total. The summed E-state index contributed by atoms with van der Waals surface area (Å²) in [5.74, 6) is 0.189. The lowest BCUT2D eigenvalue weighted by Crippen LogP contribution is -2.30. The zero-order chi connectivity index (χ0) is 18.5. The highest BCUT2D eigenvalue weighted by Gasteiger charge is 2.39. The van der Waals surface area contributed by atoms with Gasteiger partial charge >= 0.3 is 5.97 Å². The summed E-state index contributed by atoms with van der Waals surface area (Å²) in [6.07, 6.45) is 4.30. The fraction of sp³-hybridized carbons (Fsp3) is 0.316. The standard InChI is InChI=1S/C19H17ClN4O3/c20-11-1-2-12-10(7-11)8-16(25)27-17(12)14-3-4-15(26-14)24-6-5-13-18(21)22-9-23-19(13)24/h1-2,5-7,9,14-15,17H,3-4,8H2,(H2,21,22,23)/t14-,15+,17+/m0/s1. The molecular weight excluding hydrogens is 368 g/mol. The number of nitrogen functional groups attached to an aromatic ring is 1. The number of halogens is 1. The maximum Gasteiger partial charge on any atom is 0.310 e. The molecule has 27 heavy (non-hydrogen) atoms. The van der Waals surface area contributed by atoms with Crippen LogP contribution in [-0.4, -0.2) is 26.6 Å². The van der Waals surface area contributed by atoms with Crippen molar-refractivity contribution in [2.75, 3.05) is 5.73 Å². The van der Waals surface area contributed by atoms with Gasteiger partial charge in [0.15, 0.2) is 6.10 Å². The Kier molecular flexibility index (Phi) is 3.80. The monoisotopic (exact) mass is 384 g/mol. The average Bonchev–Trinajstić information content (AvgIpc) is 3.28. The number of nitrogens with two attached hydrogens (primary N) is 1. The molecule has 0 radical (unpaired) electrons. The highest BCUT2D eigenvalue weighted by molar-refractivity contribution is 6.30. The van der Waals surface area contributed by atoms with Gasteiger partial charge in [0.2, 0.25) is 0 Å². The van der Waals surface area contributed by atoms with E-state index >= 15 is 0 Å². The number of esters is 1. The van der Waals surface area contributed by atoms with Crippen LogP contribution in [0.5, 0.6) is 0 Å². The normalized spacial score (nSPS) is 24.8. The molecule has 4 heterocycles. The van der Waals surface area contributed by atoms with Crippen molar-refractivity contribution in [1.29, 1.82) is 0 Å². The lowest BCUT2D eigenvalue weighted by molar-refractivity contribution is -0.161. The van der Waals surface area contributed by atoms with Gasteiger partial charge in [-0.05, 0) is 42.2 Å². The Hall–Kier alpha value is -2.64. The van der Waals surface area contributed by atoms with E-state index in [0.717, 1.165) is 35.0 Å². The van der Waals surface area contributed by atoms with E-state index in [-0.39, 0.29) is 24.7 Å². The number of carbonyl (C=O) groups is 1. The van der Waals surface area contributed by atoms with Crippen molar-refractivity contribution >= 4 is 34.4 Å². The van der Waals surface area contributed by atoms with Crippen LogP contribution in [0.1, 0.15) is 36.3 Å². The number of fused-ring (bicyclic) bond motifs is 2. The van der Waals surface area contributed by atoms with Crippen LogP contribution in [0.15, 0.2) is 36.8 Å². The number of hydrogen-bond acceptors (Lipinski definition) is 6. The molecule has 5 rings (SSSR count). The Balaban J connectivity index is 1.44. The molecule has 0 unspecified atom stereocenters. The number of nitrogens with zero attached hydrogens (tertiary/aromatic N) is 3. The molecule has 0 bridgehead atoms. The minimum atomic E-state index is -0.426. The quantitative estimate of drug-likeness (QED) is 0.682. The topological polar surface area (TPSA) is 92.3 Å². The Morgan fingerprint density at radius 1 is 1.22 bits per heavy atom. The second-order valence-electron chi connectivity index (χ2n) is 6.86. The number of hydrogen-bond donors (Lipinski definition) is 1. The minimum Gasteiger partial charge on any atom is -0.454 e. The molecule has 0 aliphatic carbocycles. The van der Waals surface area contributed by atoms with Crippen molar-refractivity contribution < 1.29 is 14.3 Å². The smallest absolute Gasteiger partial charge is 0.310 e. The van der Waals surface area contributed by atoms with Gasteiger partial charge in [-0.1, -0.05) is 17.7 Å². The number of anilines is 1. The van der Waals surface area contributed by atoms with Crippen LogP contribution in [0.3, 0.4) is 0 Å². The highest BCUT2D eigenvalue weighted by Crippen LogP contribution is 2.41. The summed E-state index contributed by atoms with van der Waals surface area (Å²) in [7, 11) is 0. The predicted octanol–water partition coefficient (Wildman–Crippen LogP) is 3.19. The molecule has 0 amide bonds. The second kappa shape index (κ2) is 6.21. The van der Waals surface area contributed by atoms with Crippen LogP contribution in [0.4, 0.5) is 5.82 Å². The van der Waals surface area contributed by atoms with E-state index in [0.29, 0.717) is 10.8 Å². The molecule has 138 valence electrons. The van der Waals surface area contributed by atoms with Crippen LogP contribution >= 0.6 is 11.6 Å². The third kappa shape index (κ3) is 2.74. The minimum absolute atomic E-state index is 0.196. The van der Waals surface area contributed by atoms with E-state index in [1.165, 1.54) is 6.33 Å². The maximum atomic E-state index is 12.1. The fourth-order valence-electron chi connectivity index (χ4n) is 3.98. The summed E-state index contributed by atoms with van der Waals surface area (Å²) in [4.78, 5) is 20.4. The third-order valence-electron chi connectivity index (χ3n) is 5.22. The summed E-state index contributed by atoms with van der Waals surface area (Å²) in [6, 6.07) is 7.46. The Morgan fingerprint density at radius 2 is 2.11 bits per heavy atom. The van der Waals surface area contributed by atoms with Crippen LogP contribution < -0.4 is 5.73 Å². The van der Waals surface area contributed by atoms with Gasteiger partial charge in [-0.25, -0.2) is 9.97 Å². The van der Waals surface area contributed by atoms with Gasteiger partial charge in [0.1, 0.15) is 30.1 Å². The fourth-order valence-corrected chi connectivity index (χ4v) is 4.17. The van der Waals surface area contributed by atoms with Crippen LogP contribution in [0.25, 0.3) is 11.0 Å². The average molecular weight is 385 g/mol. The lowest BCUT2D eigenvalue weighted by Gasteiger charge is -2.30. The molecule has 2 aromatic heterocycles. The largest absolute Gasteiger partial charge is 0.454 e. The zero-order valence-electron chi connectivity index (χ0n) is 14.3. The Morgan fingerprint density at radius 3 is 3.00 bits per heavy atom. The summed E-state index contributed by atoms with van der Waals surface area (Å²) in [5.41, 5.74) is 8.53. The van der Waals surface area contributed by atoms with Crippen molar-refractivity contribution in [3.63, 3.8) is 0 Å². The lowest BCUT2D eigenvalue weighted by atomic mass is 9.93. The Bertz CT molecular complexity index is 1050. The molecule has 0 spiro atoms. The van der Waals surface area contributed by atoms with E-state index in [2.05, 4.69) is 9.97 Å². The summed E-state index contributed by atoms with van der Waals surface area (Å²) in [5, 5.41) is 1.41. The SMILES string of the molecule is Nc1ncnc2c1ccn2[C@H]1CC[C@@H]([C@@H]2OC(=O)Cc3cc(Cl)ccc32)O1. The number of ether oxygens (including phenoxy) is 2. The first-order valence-electron chi connectivity index (χ1n) is 8.80. The predicted molar refractivity (Wildman–Crippen MR) is 99.1 cm³/mol. The number of aromatic nitrogens is 3. The molecule has 2 N–H and O–H groups in total. The first-order valence-corrected chi connectivity index (χ1v) is 9.18. The van der Waals surface area contributed by atoms with E-state index in [1.807, 2.05) is 35.0 Å². The molecular formula is C19H17ClN4O3. The third-order valence-corrected chi connectivity index (χ3v) is 5.46. The summed E-state index contributed by atoms with van der Waals surface area (Å²) in [6.45, 7) is 0. The number of cyclic esters (lactones) is 1. The van der Waals surface area contributed by atoms with Gasteiger partial charge < -0.3 is 19.8 Å².